The van der Waals surface area contributed by atoms with Crippen LogP contribution in [0, 0.1) is 28.6 Å². The van der Waals surface area contributed by atoms with Crippen LogP contribution in [0.15, 0.2) is 12.7 Å². The van der Waals surface area contributed by atoms with Crippen LogP contribution in [0.4, 0.5) is 0 Å². The third-order valence-corrected chi connectivity index (χ3v) is 9.35. The maximum Gasteiger partial charge on any atom is 0.289 e. The molecule has 0 aromatic rings. The summed E-state index contributed by atoms with van der Waals surface area (Å²) < 4.78 is 0. The number of rotatable bonds is 11. The van der Waals surface area contributed by atoms with Crippen LogP contribution in [-0.4, -0.2) is 59.6 Å². The molecule has 2 unspecified atom stereocenters. The third kappa shape index (κ3) is 6.62. The highest BCUT2D eigenvalue weighted by atomic mass is 16.2. The van der Waals surface area contributed by atoms with Gasteiger partial charge in [0.05, 0.1) is 12.1 Å². The van der Waals surface area contributed by atoms with Crippen LogP contribution in [0.5, 0.6) is 0 Å². The number of Topliss-reactive ketones (excluding diaryl/α,β-unsaturated/α-hetero) is 1. The van der Waals surface area contributed by atoms with Gasteiger partial charge in [0.1, 0.15) is 6.04 Å². The van der Waals surface area contributed by atoms with Crippen molar-refractivity contribution >= 4 is 23.5 Å². The standard InChI is InChI=1S/C29H48N4O4/c1-7-14-31-26(36)23(34)21(15-18-10-8-11-18)32-25(35)22-16-20(29(5,6)19-12-9-13-19)17-33(22)27(37)24(30)28(2,3)4/h7,18-22,24H,1,8-17,30H2,2-6H3,(H,31,36)(H,32,35)/t20?,21?,22-,24+/m0/s1. The molecule has 0 aromatic heterocycles. The molecule has 4 N–H and O–H groups in total. The molecule has 37 heavy (non-hydrogen) atoms. The predicted molar refractivity (Wildman–Crippen MR) is 144 cm³/mol. The molecule has 0 radical (unpaired) electrons. The van der Waals surface area contributed by atoms with Gasteiger partial charge >= 0.3 is 0 Å². The van der Waals surface area contributed by atoms with Gasteiger partial charge in [-0.05, 0) is 54.3 Å². The minimum absolute atomic E-state index is 0.0106. The van der Waals surface area contributed by atoms with Gasteiger partial charge in [-0.2, -0.15) is 0 Å². The van der Waals surface area contributed by atoms with Crippen molar-refractivity contribution in [2.75, 3.05) is 13.1 Å². The number of carbonyl (C=O) groups excluding carboxylic acids is 4. The van der Waals surface area contributed by atoms with Gasteiger partial charge in [-0.1, -0.05) is 66.4 Å². The molecule has 1 saturated heterocycles. The first kappa shape index (κ1) is 29.3. The summed E-state index contributed by atoms with van der Waals surface area (Å²) in [5.74, 6) is -0.920. The summed E-state index contributed by atoms with van der Waals surface area (Å²) in [6.07, 6.45) is 9.11. The number of amides is 3. The van der Waals surface area contributed by atoms with E-state index in [1.165, 1.54) is 25.3 Å². The van der Waals surface area contributed by atoms with Crippen molar-refractivity contribution in [2.24, 2.45) is 34.3 Å². The summed E-state index contributed by atoms with van der Waals surface area (Å²) in [7, 11) is 0. The van der Waals surface area contributed by atoms with Crippen molar-refractivity contribution in [2.45, 2.75) is 104 Å². The summed E-state index contributed by atoms with van der Waals surface area (Å²) in [6.45, 7) is 14.5. The van der Waals surface area contributed by atoms with E-state index < -0.39 is 35.2 Å². The molecule has 0 bridgehead atoms. The molecular weight excluding hydrogens is 468 g/mol. The van der Waals surface area contributed by atoms with Gasteiger partial charge in [0.15, 0.2) is 0 Å². The average molecular weight is 517 g/mol. The molecule has 2 saturated carbocycles. The number of carbonyl (C=O) groups is 4. The fourth-order valence-corrected chi connectivity index (χ4v) is 5.87. The zero-order chi connectivity index (χ0) is 27.5. The molecule has 8 nitrogen and oxygen atoms in total. The van der Waals surface area contributed by atoms with Crippen molar-refractivity contribution in [1.29, 1.82) is 0 Å². The lowest BCUT2D eigenvalue weighted by Crippen LogP contribution is -2.57. The molecule has 208 valence electrons. The Bertz CT molecular complexity index is 885. The molecule has 0 aromatic carbocycles. The summed E-state index contributed by atoms with van der Waals surface area (Å²) in [6, 6.07) is -2.36. The zero-order valence-electron chi connectivity index (χ0n) is 23.5. The normalized spacial score (nSPS) is 24.4. The van der Waals surface area contributed by atoms with Crippen molar-refractivity contribution in [1.82, 2.24) is 15.5 Å². The molecule has 3 rings (SSSR count). The minimum atomic E-state index is -0.908. The Morgan fingerprint density at radius 1 is 1.03 bits per heavy atom. The number of hydrogen-bond donors (Lipinski definition) is 3. The summed E-state index contributed by atoms with van der Waals surface area (Å²) in [5.41, 5.74) is 5.91. The van der Waals surface area contributed by atoms with Crippen molar-refractivity contribution in [3.8, 4) is 0 Å². The van der Waals surface area contributed by atoms with E-state index in [9.17, 15) is 19.2 Å². The van der Waals surface area contributed by atoms with Crippen LogP contribution in [0.1, 0.15) is 86.0 Å². The monoisotopic (exact) mass is 516 g/mol. The molecule has 0 spiro atoms. The topological polar surface area (TPSA) is 122 Å². The molecule has 2 aliphatic carbocycles. The van der Waals surface area contributed by atoms with E-state index in [0.717, 1.165) is 19.3 Å². The summed E-state index contributed by atoms with van der Waals surface area (Å²) >= 11 is 0. The Balaban J connectivity index is 1.82. The van der Waals surface area contributed by atoms with Crippen LogP contribution in [-0.2, 0) is 19.2 Å². The van der Waals surface area contributed by atoms with Crippen LogP contribution >= 0.6 is 0 Å². The highest BCUT2D eigenvalue weighted by molar-refractivity contribution is 6.38. The van der Waals surface area contributed by atoms with E-state index in [4.69, 9.17) is 5.73 Å². The van der Waals surface area contributed by atoms with E-state index in [1.54, 1.807) is 4.90 Å². The van der Waals surface area contributed by atoms with Crippen molar-refractivity contribution in [3.05, 3.63) is 12.7 Å². The van der Waals surface area contributed by atoms with Gasteiger partial charge in [-0.15, -0.1) is 6.58 Å². The van der Waals surface area contributed by atoms with Gasteiger partial charge in [0, 0.05) is 13.1 Å². The summed E-state index contributed by atoms with van der Waals surface area (Å²) in [4.78, 5) is 54.5. The second-order valence-corrected chi connectivity index (χ2v) is 13.2. The fourth-order valence-electron chi connectivity index (χ4n) is 5.87. The highest BCUT2D eigenvalue weighted by Crippen LogP contribution is 2.50. The van der Waals surface area contributed by atoms with Crippen LogP contribution in [0.3, 0.4) is 0 Å². The number of nitrogens with one attached hydrogen (secondary N) is 2. The van der Waals surface area contributed by atoms with Crippen LogP contribution in [0.25, 0.3) is 0 Å². The van der Waals surface area contributed by atoms with E-state index in [-0.39, 0.29) is 29.7 Å². The number of ketones is 1. The summed E-state index contributed by atoms with van der Waals surface area (Å²) in [5, 5.41) is 5.43. The first-order chi connectivity index (χ1) is 17.3. The smallest absolute Gasteiger partial charge is 0.289 e. The lowest BCUT2D eigenvalue weighted by molar-refractivity contribution is -0.143. The maximum atomic E-state index is 13.8. The zero-order valence-corrected chi connectivity index (χ0v) is 23.5. The average Bonchev–Trinajstić information content (AvgIpc) is 3.21. The maximum absolute atomic E-state index is 13.8. The predicted octanol–water partition coefficient (Wildman–Crippen LogP) is 2.95. The van der Waals surface area contributed by atoms with Gasteiger partial charge in [-0.3, -0.25) is 19.2 Å². The van der Waals surface area contributed by atoms with Crippen molar-refractivity contribution < 1.29 is 19.2 Å². The Labute approximate surface area is 222 Å². The van der Waals surface area contributed by atoms with Gasteiger partial charge in [-0.25, -0.2) is 0 Å². The molecule has 8 heteroatoms. The van der Waals surface area contributed by atoms with E-state index in [2.05, 4.69) is 31.1 Å². The van der Waals surface area contributed by atoms with Gasteiger partial charge < -0.3 is 21.3 Å². The Hall–Kier alpha value is -2.22. The number of hydrogen-bond acceptors (Lipinski definition) is 5. The van der Waals surface area contributed by atoms with Crippen LogP contribution in [0.2, 0.25) is 0 Å². The first-order valence-electron chi connectivity index (χ1n) is 14.1. The van der Waals surface area contributed by atoms with E-state index in [1.807, 2.05) is 20.8 Å². The molecule has 3 amide bonds. The highest BCUT2D eigenvalue weighted by Gasteiger charge is 2.50. The second kappa shape index (κ2) is 11.7. The first-order valence-corrected chi connectivity index (χ1v) is 14.1. The molecular formula is C29H48N4O4. The lowest BCUT2D eigenvalue weighted by Gasteiger charge is -2.44. The molecule has 1 heterocycles. The number of nitrogens with zero attached hydrogens (tertiary/aromatic N) is 1. The SMILES string of the molecule is C=CCNC(=O)C(=O)C(CC1CCC1)NC(=O)[C@@H]1CC(C(C)(C)C2CCC2)CN1C(=O)[C@@H](N)C(C)(C)C. The van der Waals surface area contributed by atoms with Gasteiger partial charge in [0.25, 0.3) is 5.91 Å². The van der Waals surface area contributed by atoms with Crippen LogP contribution < -0.4 is 16.4 Å². The molecule has 4 atom stereocenters. The molecule has 3 aliphatic rings. The van der Waals surface area contributed by atoms with E-state index in [0.29, 0.717) is 31.2 Å². The molecule has 3 fully saturated rings. The number of nitrogens with two attached hydrogens (primary N) is 1. The Morgan fingerprint density at radius 2 is 1.65 bits per heavy atom. The van der Waals surface area contributed by atoms with Crippen molar-refractivity contribution in [3.63, 3.8) is 0 Å². The van der Waals surface area contributed by atoms with Gasteiger partial charge in [0.2, 0.25) is 17.6 Å². The Morgan fingerprint density at radius 3 is 2.14 bits per heavy atom. The molecule has 1 aliphatic heterocycles. The second-order valence-electron chi connectivity index (χ2n) is 13.2. The third-order valence-electron chi connectivity index (χ3n) is 9.35. The quantitative estimate of drug-likeness (QED) is 0.288. The largest absolute Gasteiger partial charge is 0.346 e. The fraction of sp³-hybridized carbons (Fsp3) is 0.793. The number of likely N-dealkylation sites (tertiary alicyclic amines) is 1. The van der Waals surface area contributed by atoms with E-state index >= 15 is 0 Å². The Kier molecular flexibility index (Phi) is 9.25. The minimum Gasteiger partial charge on any atom is -0.346 e. The lowest BCUT2D eigenvalue weighted by atomic mass is 9.61.